The molecule has 20 heavy (non-hydrogen) atoms. The molecule has 0 radical (unpaired) electrons. The van der Waals surface area contributed by atoms with Crippen molar-refractivity contribution in [3.63, 3.8) is 0 Å². The molecule has 0 fully saturated rings. The number of carboxylic acid groups (broad SMARTS) is 1. The zero-order valence-corrected chi connectivity index (χ0v) is 11.4. The van der Waals surface area contributed by atoms with Crippen molar-refractivity contribution < 1.29 is 19.1 Å². The fraction of sp³-hybridized carbons (Fsp3) is 0.267. The van der Waals surface area contributed by atoms with Crippen LogP contribution >= 0.6 is 0 Å². The largest absolute Gasteiger partial charge is 0.494 e. The Morgan fingerprint density at radius 3 is 2.85 bits per heavy atom. The molecular formula is C15H17NO4. The summed E-state index contributed by atoms with van der Waals surface area (Å²) in [7, 11) is 0. The number of benzene rings is 1. The summed E-state index contributed by atoms with van der Waals surface area (Å²) in [5.74, 6) is 0.234. The van der Waals surface area contributed by atoms with Gasteiger partial charge in [-0.1, -0.05) is 6.07 Å². The number of ether oxygens (including phenoxy) is 1. The van der Waals surface area contributed by atoms with E-state index < -0.39 is 5.97 Å². The minimum atomic E-state index is -1.07. The maximum atomic E-state index is 10.8. The zero-order chi connectivity index (χ0) is 14.5. The fourth-order valence-corrected chi connectivity index (χ4v) is 1.86. The molecule has 1 atom stereocenters. The number of nitrogens with one attached hydrogen (secondary N) is 1. The van der Waals surface area contributed by atoms with Crippen LogP contribution in [0.3, 0.4) is 0 Å². The van der Waals surface area contributed by atoms with E-state index in [0.29, 0.717) is 12.4 Å². The van der Waals surface area contributed by atoms with E-state index >= 15 is 0 Å². The molecule has 0 amide bonds. The lowest BCUT2D eigenvalue weighted by molar-refractivity contribution is 0.0660. The van der Waals surface area contributed by atoms with Crippen LogP contribution in [0.4, 0.5) is 5.69 Å². The number of furan rings is 1. The summed E-state index contributed by atoms with van der Waals surface area (Å²) in [5, 5.41) is 12.1. The minimum Gasteiger partial charge on any atom is -0.494 e. The molecule has 0 aliphatic heterocycles. The van der Waals surface area contributed by atoms with Crippen LogP contribution in [0.2, 0.25) is 0 Å². The molecule has 0 aliphatic carbocycles. The molecule has 106 valence electrons. The second kappa shape index (κ2) is 6.14. The first-order chi connectivity index (χ1) is 9.60. The summed E-state index contributed by atoms with van der Waals surface area (Å²) < 4.78 is 10.7. The molecule has 5 heteroatoms. The third kappa shape index (κ3) is 3.32. The number of anilines is 1. The average Bonchev–Trinajstić information content (AvgIpc) is 2.89. The highest BCUT2D eigenvalue weighted by Crippen LogP contribution is 2.24. The van der Waals surface area contributed by atoms with Gasteiger partial charge in [-0.3, -0.25) is 0 Å². The van der Waals surface area contributed by atoms with E-state index in [4.69, 9.17) is 14.3 Å². The zero-order valence-electron chi connectivity index (χ0n) is 11.4. The van der Waals surface area contributed by atoms with Gasteiger partial charge in [0.15, 0.2) is 0 Å². The minimum absolute atomic E-state index is 0.0586. The third-order valence-corrected chi connectivity index (χ3v) is 2.79. The van der Waals surface area contributed by atoms with Gasteiger partial charge in [0.2, 0.25) is 5.76 Å². The van der Waals surface area contributed by atoms with Crippen molar-refractivity contribution in [2.45, 2.75) is 19.9 Å². The number of rotatable bonds is 6. The monoisotopic (exact) mass is 275 g/mol. The number of carbonyl (C=O) groups is 1. The van der Waals surface area contributed by atoms with Crippen LogP contribution in [0.5, 0.6) is 5.75 Å². The molecule has 1 aromatic heterocycles. The van der Waals surface area contributed by atoms with Gasteiger partial charge >= 0.3 is 5.97 Å². The van der Waals surface area contributed by atoms with Gasteiger partial charge < -0.3 is 19.6 Å². The summed E-state index contributed by atoms with van der Waals surface area (Å²) in [6, 6.07) is 10.6. The van der Waals surface area contributed by atoms with Gasteiger partial charge in [0.1, 0.15) is 11.5 Å². The molecule has 0 spiro atoms. The normalized spacial score (nSPS) is 11.9. The quantitative estimate of drug-likeness (QED) is 0.843. The highest BCUT2D eigenvalue weighted by Gasteiger charge is 2.14. The summed E-state index contributed by atoms with van der Waals surface area (Å²) in [6.45, 7) is 4.44. The van der Waals surface area contributed by atoms with Crippen LogP contribution in [-0.4, -0.2) is 17.7 Å². The first-order valence-corrected chi connectivity index (χ1v) is 6.42. The summed E-state index contributed by atoms with van der Waals surface area (Å²) >= 11 is 0. The van der Waals surface area contributed by atoms with Gasteiger partial charge in [-0.15, -0.1) is 0 Å². The van der Waals surface area contributed by atoms with Gasteiger partial charge in [-0.05, 0) is 38.1 Å². The van der Waals surface area contributed by atoms with Crippen LogP contribution in [-0.2, 0) is 0 Å². The van der Waals surface area contributed by atoms with E-state index in [9.17, 15) is 4.79 Å². The third-order valence-electron chi connectivity index (χ3n) is 2.79. The summed E-state index contributed by atoms with van der Waals surface area (Å²) in [5.41, 5.74) is 0.886. The van der Waals surface area contributed by atoms with Crippen molar-refractivity contribution in [1.82, 2.24) is 0 Å². The second-order valence-electron chi connectivity index (χ2n) is 4.33. The van der Waals surface area contributed by atoms with Crippen molar-refractivity contribution in [3.8, 4) is 5.75 Å². The highest BCUT2D eigenvalue weighted by molar-refractivity contribution is 5.84. The molecule has 0 saturated heterocycles. The predicted octanol–water partition coefficient (Wildman–Crippen LogP) is 3.55. The Labute approximate surface area is 117 Å². The molecule has 2 aromatic rings. The molecule has 1 heterocycles. The first-order valence-electron chi connectivity index (χ1n) is 6.42. The Balaban J connectivity index is 2.08. The number of hydrogen-bond acceptors (Lipinski definition) is 4. The standard InChI is InChI=1S/C15H17NO4/c1-3-19-12-6-4-5-11(9-12)16-10(2)13-7-8-14(20-13)15(17)18/h4-10,16H,3H2,1-2H3,(H,17,18). The number of carboxylic acids is 1. The maximum absolute atomic E-state index is 10.8. The molecule has 0 saturated carbocycles. The van der Waals surface area contributed by atoms with Gasteiger partial charge in [0, 0.05) is 11.8 Å². The summed E-state index contributed by atoms with van der Waals surface area (Å²) in [4.78, 5) is 10.8. The fourth-order valence-electron chi connectivity index (χ4n) is 1.86. The van der Waals surface area contributed by atoms with Crippen molar-refractivity contribution in [1.29, 1.82) is 0 Å². The van der Waals surface area contributed by atoms with E-state index in [1.165, 1.54) is 6.07 Å². The topological polar surface area (TPSA) is 71.7 Å². The second-order valence-corrected chi connectivity index (χ2v) is 4.33. The molecule has 0 aliphatic rings. The van der Waals surface area contributed by atoms with E-state index in [-0.39, 0.29) is 11.8 Å². The molecular weight excluding hydrogens is 258 g/mol. The van der Waals surface area contributed by atoms with Crippen molar-refractivity contribution in [2.24, 2.45) is 0 Å². The smallest absolute Gasteiger partial charge is 0.371 e. The lowest BCUT2D eigenvalue weighted by Gasteiger charge is -2.14. The SMILES string of the molecule is CCOc1cccc(NC(C)c2ccc(C(=O)O)o2)c1. The van der Waals surface area contributed by atoms with Crippen LogP contribution in [0.15, 0.2) is 40.8 Å². The van der Waals surface area contributed by atoms with Crippen LogP contribution in [0.25, 0.3) is 0 Å². The Kier molecular flexibility index (Phi) is 4.30. The Morgan fingerprint density at radius 2 is 2.20 bits per heavy atom. The summed E-state index contributed by atoms with van der Waals surface area (Å²) in [6.07, 6.45) is 0. The Bertz CT molecular complexity index is 591. The molecule has 1 unspecified atom stereocenters. The Morgan fingerprint density at radius 1 is 1.40 bits per heavy atom. The van der Waals surface area contributed by atoms with Crippen molar-refractivity contribution in [3.05, 3.63) is 47.9 Å². The lowest BCUT2D eigenvalue weighted by Crippen LogP contribution is -2.06. The molecule has 2 N–H and O–H groups in total. The van der Waals surface area contributed by atoms with E-state index in [2.05, 4.69) is 5.32 Å². The number of aromatic carboxylic acids is 1. The Hall–Kier alpha value is -2.43. The van der Waals surface area contributed by atoms with Gasteiger partial charge in [-0.2, -0.15) is 0 Å². The average molecular weight is 275 g/mol. The predicted molar refractivity (Wildman–Crippen MR) is 75.3 cm³/mol. The van der Waals surface area contributed by atoms with Gasteiger partial charge in [0.05, 0.1) is 12.6 Å². The van der Waals surface area contributed by atoms with Crippen LogP contribution in [0, 0.1) is 0 Å². The van der Waals surface area contributed by atoms with Gasteiger partial charge in [0.25, 0.3) is 0 Å². The highest BCUT2D eigenvalue weighted by atomic mass is 16.5. The van der Waals surface area contributed by atoms with Gasteiger partial charge in [-0.25, -0.2) is 4.79 Å². The van der Waals surface area contributed by atoms with E-state index in [1.54, 1.807) is 6.07 Å². The van der Waals surface area contributed by atoms with Crippen molar-refractivity contribution >= 4 is 11.7 Å². The maximum Gasteiger partial charge on any atom is 0.371 e. The first kappa shape index (κ1) is 14.0. The van der Waals surface area contributed by atoms with E-state index in [0.717, 1.165) is 11.4 Å². The molecule has 0 bridgehead atoms. The van der Waals surface area contributed by atoms with Crippen LogP contribution in [0.1, 0.15) is 36.2 Å². The molecule has 1 aromatic carbocycles. The lowest BCUT2D eigenvalue weighted by atomic mass is 10.2. The van der Waals surface area contributed by atoms with E-state index in [1.807, 2.05) is 38.1 Å². The van der Waals surface area contributed by atoms with Crippen LogP contribution < -0.4 is 10.1 Å². The van der Waals surface area contributed by atoms with Crippen molar-refractivity contribution in [2.75, 3.05) is 11.9 Å². The number of hydrogen-bond donors (Lipinski definition) is 2. The molecule has 2 rings (SSSR count). The molecule has 5 nitrogen and oxygen atoms in total.